The predicted molar refractivity (Wildman–Crippen MR) is 93.3 cm³/mol. The zero-order chi connectivity index (χ0) is 16.8. The maximum atomic E-state index is 11.7. The molecule has 0 aliphatic carbocycles. The zero-order valence-electron chi connectivity index (χ0n) is 13.4. The number of nitrogens with one attached hydrogen (secondary N) is 1. The molecule has 0 heterocycles. The Morgan fingerprint density at radius 2 is 1.83 bits per heavy atom. The fourth-order valence-electron chi connectivity index (χ4n) is 2.00. The van der Waals surface area contributed by atoms with Crippen LogP contribution >= 0.6 is 11.6 Å². The molecule has 5 heteroatoms. The smallest absolute Gasteiger partial charge is 0.277 e. The number of nitrogens with zero attached hydrogens (tertiary/aromatic N) is 1. The van der Waals surface area contributed by atoms with E-state index in [1.165, 1.54) is 11.1 Å². The van der Waals surface area contributed by atoms with Crippen molar-refractivity contribution in [3.63, 3.8) is 0 Å². The third-order valence-corrected chi connectivity index (χ3v) is 3.93. The molecule has 120 valence electrons. The molecule has 2 aromatic carbocycles. The van der Waals surface area contributed by atoms with Crippen LogP contribution in [0.5, 0.6) is 5.75 Å². The van der Waals surface area contributed by atoms with E-state index in [1.807, 2.05) is 19.1 Å². The van der Waals surface area contributed by atoms with Gasteiger partial charge in [-0.05, 0) is 67.3 Å². The van der Waals surface area contributed by atoms with Crippen LogP contribution < -0.4 is 10.2 Å². The van der Waals surface area contributed by atoms with E-state index in [9.17, 15) is 4.79 Å². The van der Waals surface area contributed by atoms with Gasteiger partial charge < -0.3 is 4.74 Å². The lowest BCUT2D eigenvalue weighted by Crippen LogP contribution is -2.24. The van der Waals surface area contributed by atoms with Gasteiger partial charge in [-0.25, -0.2) is 5.43 Å². The summed E-state index contributed by atoms with van der Waals surface area (Å²) >= 11 is 5.78. The number of halogens is 1. The number of rotatable bonds is 5. The molecular weight excluding hydrogens is 312 g/mol. The highest BCUT2D eigenvalue weighted by atomic mass is 35.5. The number of carbonyl (C=O) groups is 1. The van der Waals surface area contributed by atoms with E-state index in [-0.39, 0.29) is 12.5 Å². The highest BCUT2D eigenvalue weighted by molar-refractivity contribution is 6.30. The van der Waals surface area contributed by atoms with Crippen molar-refractivity contribution in [1.29, 1.82) is 0 Å². The average molecular weight is 331 g/mol. The van der Waals surface area contributed by atoms with Gasteiger partial charge in [-0.1, -0.05) is 23.7 Å². The molecular formula is C18H19ClN2O2. The van der Waals surface area contributed by atoms with Gasteiger partial charge in [0.15, 0.2) is 6.61 Å². The van der Waals surface area contributed by atoms with E-state index in [0.29, 0.717) is 10.8 Å². The number of benzene rings is 2. The Balaban J connectivity index is 1.86. The molecule has 0 fully saturated rings. The molecule has 0 saturated heterocycles. The molecule has 2 aromatic rings. The summed E-state index contributed by atoms with van der Waals surface area (Å²) in [4.78, 5) is 11.7. The van der Waals surface area contributed by atoms with E-state index in [0.717, 1.165) is 11.1 Å². The van der Waals surface area contributed by atoms with Crippen LogP contribution in [0.25, 0.3) is 0 Å². The van der Waals surface area contributed by atoms with Gasteiger partial charge in [0.05, 0.1) is 6.21 Å². The number of hydrogen-bond acceptors (Lipinski definition) is 3. The minimum absolute atomic E-state index is 0.106. The number of carbonyl (C=O) groups excluding carboxylic acids is 1. The average Bonchev–Trinajstić information content (AvgIpc) is 2.54. The van der Waals surface area contributed by atoms with Crippen LogP contribution in [-0.4, -0.2) is 18.7 Å². The van der Waals surface area contributed by atoms with Crippen molar-refractivity contribution in [2.24, 2.45) is 5.10 Å². The standard InChI is InChI=1S/C18H19ClN2O2/c1-12-4-5-15(14(3)13(12)2)10-20-21-18(22)11-23-17-8-6-16(19)7-9-17/h4-10H,11H2,1-3H3,(H,21,22)/b20-10-. The Morgan fingerprint density at radius 3 is 2.52 bits per heavy atom. The Kier molecular flexibility index (Phi) is 5.77. The normalized spacial score (nSPS) is 10.8. The molecule has 0 radical (unpaired) electrons. The van der Waals surface area contributed by atoms with Crippen LogP contribution in [0.4, 0.5) is 0 Å². The van der Waals surface area contributed by atoms with Gasteiger partial charge in [-0.2, -0.15) is 5.10 Å². The largest absolute Gasteiger partial charge is 0.484 e. The molecule has 0 atom stereocenters. The maximum absolute atomic E-state index is 11.7. The zero-order valence-corrected chi connectivity index (χ0v) is 14.1. The number of hydrazone groups is 1. The van der Waals surface area contributed by atoms with Gasteiger partial charge >= 0.3 is 0 Å². The van der Waals surface area contributed by atoms with Crippen LogP contribution in [-0.2, 0) is 4.79 Å². The molecule has 0 spiro atoms. The second kappa shape index (κ2) is 7.79. The Hall–Kier alpha value is -2.33. The Labute approximate surface area is 141 Å². The van der Waals surface area contributed by atoms with Crippen LogP contribution in [0.1, 0.15) is 22.3 Å². The summed E-state index contributed by atoms with van der Waals surface area (Å²) in [6, 6.07) is 10.8. The number of hydrogen-bond donors (Lipinski definition) is 1. The molecule has 0 saturated carbocycles. The topological polar surface area (TPSA) is 50.7 Å². The third kappa shape index (κ3) is 4.83. The molecule has 0 aliphatic rings. The molecule has 4 nitrogen and oxygen atoms in total. The number of amides is 1. The van der Waals surface area contributed by atoms with Crippen LogP contribution in [0, 0.1) is 20.8 Å². The van der Waals surface area contributed by atoms with Gasteiger partial charge in [0.1, 0.15) is 5.75 Å². The van der Waals surface area contributed by atoms with Crippen molar-refractivity contribution in [2.75, 3.05) is 6.61 Å². The van der Waals surface area contributed by atoms with Crippen molar-refractivity contribution in [1.82, 2.24) is 5.43 Å². The summed E-state index contributed by atoms with van der Waals surface area (Å²) in [5.41, 5.74) is 7.05. The Morgan fingerprint density at radius 1 is 1.13 bits per heavy atom. The second-order valence-electron chi connectivity index (χ2n) is 5.26. The van der Waals surface area contributed by atoms with Gasteiger partial charge in [0, 0.05) is 5.02 Å². The highest BCUT2D eigenvalue weighted by Gasteiger charge is 2.03. The predicted octanol–water partition coefficient (Wildman–Crippen LogP) is 3.79. The minimum atomic E-state index is -0.322. The van der Waals surface area contributed by atoms with Crippen LogP contribution in [0.15, 0.2) is 41.5 Å². The van der Waals surface area contributed by atoms with Gasteiger partial charge in [-0.3, -0.25) is 4.79 Å². The van der Waals surface area contributed by atoms with Gasteiger partial charge in [0.25, 0.3) is 5.91 Å². The molecule has 0 aliphatic heterocycles. The summed E-state index contributed by atoms with van der Waals surface area (Å²) in [6.07, 6.45) is 1.64. The van der Waals surface area contributed by atoms with E-state index in [2.05, 4.69) is 24.4 Å². The molecule has 0 unspecified atom stereocenters. The van der Waals surface area contributed by atoms with Crippen molar-refractivity contribution < 1.29 is 9.53 Å². The van der Waals surface area contributed by atoms with Crippen LogP contribution in [0.2, 0.25) is 5.02 Å². The van der Waals surface area contributed by atoms with Gasteiger partial charge in [-0.15, -0.1) is 0 Å². The first-order valence-corrected chi connectivity index (χ1v) is 7.62. The summed E-state index contributed by atoms with van der Waals surface area (Å²) in [7, 11) is 0. The molecule has 23 heavy (non-hydrogen) atoms. The fraction of sp³-hybridized carbons (Fsp3) is 0.222. The SMILES string of the molecule is Cc1ccc(/C=N\NC(=O)COc2ccc(Cl)cc2)c(C)c1C. The third-order valence-electron chi connectivity index (χ3n) is 3.68. The summed E-state index contributed by atoms with van der Waals surface area (Å²) in [6.45, 7) is 6.07. The molecule has 2 rings (SSSR count). The lowest BCUT2D eigenvalue weighted by Gasteiger charge is -2.07. The summed E-state index contributed by atoms with van der Waals surface area (Å²) < 4.78 is 5.34. The number of aryl methyl sites for hydroxylation is 1. The lowest BCUT2D eigenvalue weighted by molar-refractivity contribution is -0.123. The van der Waals surface area contributed by atoms with Crippen molar-refractivity contribution in [3.05, 3.63) is 63.7 Å². The quantitative estimate of drug-likeness (QED) is 0.669. The molecule has 1 N–H and O–H groups in total. The minimum Gasteiger partial charge on any atom is -0.484 e. The van der Waals surface area contributed by atoms with E-state index >= 15 is 0 Å². The Bertz CT molecular complexity index is 725. The first-order chi connectivity index (χ1) is 11.0. The summed E-state index contributed by atoms with van der Waals surface area (Å²) in [5, 5.41) is 4.59. The van der Waals surface area contributed by atoms with E-state index < -0.39 is 0 Å². The maximum Gasteiger partial charge on any atom is 0.277 e. The molecule has 0 aromatic heterocycles. The lowest BCUT2D eigenvalue weighted by atomic mass is 10.00. The van der Waals surface area contributed by atoms with Crippen molar-refractivity contribution >= 4 is 23.7 Å². The second-order valence-corrected chi connectivity index (χ2v) is 5.69. The van der Waals surface area contributed by atoms with Gasteiger partial charge in [0.2, 0.25) is 0 Å². The first-order valence-electron chi connectivity index (χ1n) is 7.24. The highest BCUT2D eigenvalue weighted by Crippen LogP contribution is 2.16. The first kappa shape index (κ1) is 17.0. The molecule has 1 amide bonds. The summed E-state index contributed by atoms with van der Waals surface area (Å²) in [5.74, 6) is 0.260. The number of ether oxygens (including phenoxy) is 1. The molecule has 0 bridgehead atoms. The van der Waals surface area contributed by atoms with Crippen molar-refractivity contribution in [3.8, 4) is 5.75 Å². The fourth-order valence-corrected chi connectivity index (χ4v) is 2.13. The monoisotopic (exact) mass is 330 g/mol. The van der Waals surface area contributed by atoms with Crippen molar-refractivity contribution in [2.45, 2.75) is 20.8 Å². The van der Waals surface area contributed by atoms with E-state index in [4.69, 9.17) is 16.3 Å². The van der Waals surface area contributed by atoms with Crippen LogP contribution in [0.3, 0.4) is 0 Å². The van der Waals surface area contributed by atoms with E-state index in [1.54, 1.807) is 30.5 Å².